The minimum atomic E-state index is 0.504. The third-order valence-corrected chi connectivity index (χ3v) is 4.09. The van der Waals surface area contributed by atoms with Crippen LogP contribution in [0.15, 0.2) is 23.1 Å². The molecule has 2 N–H and O–H groups in total. The summed E-state index contributed by atoms with van der Waals surface area (Å²) in [6.07, 6.45) is 4.64. The first-order chi connectivity index (χ1) is 8.19. The first kappa shape index (κ1) is 12.7. The fourth-order valence-corrected chi connectivity index (χ4v) is 3.10. The van der Waals surface area contributed by atoms with Crippen LogP contribution in [0.2, 0.25) is 0 Å². The summed E-state index contributed by atoms with van der Waals surface area (Å²) in [5.74, 6) is 0. The molecule has 1 aliphatic rings. The molecule has 17 heavy (non-hydrogen) atoms. The summed E-state index contributed by atoms with van der Waals surface area (Å²) in [6, 6.07) is 7.00. The highest BCUT2D eigenvalue weighted by Gasteiger charge is 2.30. The summed E-state index contributed by atoms with van der Waals surface area (Å²) in [5, 5.41) is 0. The van der Waals surface area contributed by atoms with Crippen molar-refractivity contribution in [2.24, 2.45) is 5.73 Å². The Hall–Kier alpha value is -0.740. The number of hydrogen-bond acceptors (Lipinski definition) is 3. The van der Waals surface area contributed by atoms with Gasteiger partial charge in [-0.05, 0) is 38.2 Å². The van der Waals surface area contributed by atoms with Crippen LogP contribution in [0.3, 0.4) is 0 Å². The monoisotopic (exact) mass is 266 g/mol. The van der Waals surface area contributed by atoms with E-state index in [1.165, 1.54) is 23.4 Å². The van der Waals surface area contributed by atoms with Gasteiger partial charge >= 0.3 is 0 Å². The minimum absolute atomic E-state index is 0.504. The van der Waals surface area contributed by atoms with Gasteiger partial charge in [-0.1, -0.05) is 18.3 Å². The van der Waals surface area contributed by atoms with Gasteiger partial charge in [0.25, 0.3) is 0 Å². The summed E-state index contributed by atoms with van der Waals surface area (Å²) >= 11 is 6.92. The highest BCUT2D eigenvalue weighted by atomic mass is 32.2. The van der Waals surface area contributed by atoms with E-state index in [0.717, 1.165) is 12.1 Å². The molecule has 0 bridgehead atoms. The predicted molar refractivity (Wildman–Crippen MR) is 80.2 cm³/mol. The average molecular weight is 266 g/mol. The van der Waals surface area contributed by atoms with Crippen molar-refractivity contribution in [2.45, 2.75) is 30.7 Å². The van der Waals surface area contributed by atoms with Gasteiger partial charge in [-0.25, -0.2) is 0 Å². The lowest BCUT2D eigenvalue weighted by molar-refractivity contribution is 0.823. The third-order valence-electron chi connectivity index (χ3n) is 3.11. The second-order valence-electron chi connectivity index (χ2n) is 4.24. The topological polar surface area (TPSA) is 29.3 Å². The van der Waals surface area contributed by atoms with Crippen molar-refractivity contribution in [2.75, 3.05) is 17.7 Å². The van der Waals surface area contributed by atoms with Crippen molar-refractivity contribution in [3.05, 3.63) is 23.8 Å². The lowest BCUT2D eigenvalue weighted by Crippen LogP contribution is -2.28. The van der Waals surface area contributed by atoms with Crippen LogP contribution < -0.4 is 10.6 Å². The van der Waals surface area contributed by atoms with E-state index in [9.17, 15) is 0 Å². The van der Waals surface area contributed by atoms with Crippen LogP contribution in [0.5, 0.6) is 0 Å². The zero-order chi connectivity index (χ0) is 12.4. The van der Waals surface area contributed by atoms with E-state index in [1.807, 2.05) is 0 Å². The molecule has 2 nitrogen and oxygen atoms in total. The summed E-state index contributed by atoms with van der Waals surface area (Å²) < 4.78 is 0. The minimum Gasteiger partial charge on any atom is -0.389 e. The number of anilines is 1. The molecule has 0 saturated heterocycles. The Bertz CT molecular complexity index is 427. The summed E-state index contributed by atoms with van der Waals surface area (Å²) in [6.45, 7) is 3.20. The molecule has 0 unspecified atom stereocenters. The molecule has 0 radical (unpaired) electrons. The molecule has 2 rings (SSSR count). The van der Waals surface area contributed by atoms with Gasteiger partial charge < -0.3 is 10.6 Å². The number of thiocarbonyl (C=S) groups is 1. The number of thioether (sulfide) groups is 1. The molecule has 1 aromatic rings. The zero-order valence-corrected chi connectivity index (χ0v) is 11.9. The van der Waals surface area contributed by atoms with Gasteiger partial charge in [-0.15, -0.1) is 11.8 Å². The van der Waals surface area contributed by atoms with Gasteiger partial charge in [0.2, 0.25) is 0 Å². The van der Waals surface area contributed by atoms with Crippen molar-refractivity contribution in [3.8, 4) is 0 Å². The Kier molecular flexibility index (Phi) is 3.94. The van der Waals surface area contributed by atoms with Gasteiger partial charge in [0.15, 0.2) is 0 Å². The van der Waals surface area contributed by atoms with Gasteiger partial charge in [0.05, 0.1) is 0 Å². The maximum absolute atomic E-state index is 5.90. The van der Waals surface area contributed by atoms with Crippen molar-refractivity contribution in [1.29, 1.82) is 0 Å². The van der Waals surface area contributed by atoms with Crippen LogP contribution in [0.1, 0.15) is 25.3 Å². The molecule has 1 fully saturated rings. The summed E-state index contributed by atoms with van der Waals surface area (Å²) in [5.41, 5.74) is 8.14. The molecule has 0 heterocycles. The van der Waals surface area contributed by atoms with Crippen molar-refractivity contribution in [3.63, 3.8) is 0 Å². The Labute approximate surface area is 113 Å². The van der Waals surface area contributed by atoms with Crippen molar-refractivity contribution in [1.82, 2.24) is 0 Å². The Morgan fingerprint density at radius 1 is 1.53 bits per heavy atom. The van der Waals surface area contributed by atoms with Crippen LogP contribution in [-0.2, 0) is 0 Å². The Morgan fingerprint density at radius 2 is 2.24 bits per heavy atom. The molecule has 0 aliphatic heterocycles. The van der Waals surface area contributed by atoms with Crippen LogP contribution in [0.25, 0.3) is 0 Å². The van der Waals surface area contributed by atoms with Gasteiger partial charge in [0.1, 0.15) is 4.99 Å². The first-order valence-electron chi connectivity index (χ1n) is 5.92. The number of hydrogen-bond donors (Lipinski definition) is 1. The molecule has 0 aromatic heterocycles. The fraction of sp³-hybridized carbons (Fsp3) is 0.462. The molecule has 4 heteroatoms. The highest BCUT2D eigenvalue weighted by molar-refractivity contribution is 7.98. The maximum atomic E-state index is 5.90. The second-order valence-corrected chi connectivity index (χ2v) is 5.52. The van der Waals surface area contributed by atoms with Crippen LogP contribution in [0.4, 0.5) is 5.69 Å². The fourth-order valence-electron chi connectivity index (χ4n) is 2.19. The number of rotatable bonds is 5. The van der Waals surface area contributed by atoms with Crippen molar-refractivity contribution >= 4 is 34.7 Å². The van der Waals surface area contributed by atoms with Crippen LogP contribution in [-0.4, -0.2) is 23.8 Å². The van der Waals surface area contributed by atoms with E-state index in [1.54, 1.807) is 11.8 Å². The standard InChI is InChI=1S/C13H18N2S2/c1-3-15(9-7-8-9)10-5-4-6-11(17-2)12(10)13(14)16/h4-6,9H,3,7-8H2,1-2H3,(H2,14,16). The maximum Gasteiger partial charge on any atom is 0.107 e. The van der Waals surface area contributed by atoms with E-state index in [2.05, 4.69) is 36.3 Å². The number of nitrogens with two attached hydrogens (primary N) is 1. The second kappa shape index (κ2) is 5.27. The lowest BCUT2D eigenvalue weighted by atomic mass is 10.1. The quantitative estimate of drug-likeness (QED) is 0.655. The molecule has 92 valence electrons. The van der Waals surface area contributed by atoms with Crippen molar-refractivity contribution < 1.29 is 0 Å². The Morgan fingerprint density at radius 3 is 2.71 bits per heavy atom. The van der Waals surface area contributed by atoms with E-state index in [4.69, 9.17) is 18.0 Å². The van der Waals surface area contributed by atoms with E-state index >= 15 is 0 Å². The normalized spacial score (nSPS) is 14.7. The summed E-state index contributed by atoms with van der Waals surface area (Å²) in [7, 11) is 0. The molecule has 1 saturated carbocycles. The van der Waals surface area contributed by atoms with Crippen LogP contribution >= 0.6 is 24.0 Å². The molecule has 1 aliphatic carbocycles. The third kappa shape index (κ3) is 2.58. The molecular formula is C13H18N2S2. The van der Waals surface area contributed by atoms with Crippen LogP contribution in [0, 0.1) is 0 Å². The molecule has 0 atom stereocenters. The largest absolute Gasteiger partial charge is 0.389 e. The molecule has 1 aromatic carbocycles. The smallest absolute Gasteiger partial charge is 0.107 e. The summed E-state index contributed by atoms with van der Waals surface area (Å²) in [4.78, 5) is 4.10. The van der Waals surface area contributed by atoms with E-state index < -0.39 is 0 Å². The highest BCUT2D eigenvalue weighted by Crippen LogP contribution is 2.36. The van der Waals surface area contributed by atoms with E-state index in [-0.39, 0.29) is 0 Å². The average Bonchev–Trinajstić information content (AvgIpc) is 3.13. The van der Waals surface area contributed by atoms with Gasteiger partial charge in [-0.3, -0.25) is 0 Å². The Balaban J connectivity index is 2.47. The zero-order valence-electron chi connectivity index (χ0n) is 10.3. The van der Waals surface area contributed by atoms with E-state index in [0.29, 0.717) is 11.0 Å². The number of benzene rings is 1. The van der Waals surface area contributed by atoms with Gasteiger partial charge in [-0.2, -0.15) is 0 Å². The molecular weight excluding hydrogens is 248 g/mol. The predicted octanol–water partition coefficient (Wildman–Crippen LogP) is 3.03. The molecule has 0 amide bonds. The SMILES string of the molecule is CCN(c1cccc(SC)c1C(N)=S)C1CC1. The number of nitrogens with zero attached hydrogens (tertiary/aromatic N) is 1. The first-order valence-corrected chi connectivity index (χ1v) is 7.55. The molecule has 0 spiro atoms. The lowest BCUT2D eigenvalue weighted by Gasteiger charge is -2.26. The van der Waals surface area contributed by atoms with Gasteiger partial charge in [0, 0.05) is 28.7 Å².